The summed E-state index contributed by atoms with van der Waals surface area (Å²) in [5.74, 6) is -2.41. The van der Waals surface area contributed by atoms with Crippen molar-refractivity contribution in [1.82, 2.24) is 9.97 Å². The maximum Gasteiger partial charge on any atom is 0.201 e. The van der Waals surface area contributed by atoms with Crippen molar-refractivity contribution >= 4 is 43.2 Å². The third-order valence-electron chi connectivity index (χ3n) is 5.57. The smallest absolute Gasteiger partial charge is 0.201 e. The van der Waals surface area contributed by atoms with Gasteiger partial charge in [-0.25, -0.2) is 8.42 Å². The summed E-state index contributed by atoms with van der Waals surface area (Å²) in [5.41, 5.74) is 3.37. The van der Waals surface area contributed by atoms with Crippen LogP contribution in [0.2, 0.25) is 0 Å². The van der Waals surface area contributed by atoms with Gasteiger partial charge in [0.1, 0.15) is 0 Å². The minimum Gasteiger partial charge on any atom is -0.361 e. The molecule has 0 aliphatic carbocycles. The van der Waals surface area contributed by atoms with Gasteiger partial charge in [-0.15, -0.1) is 0 Å². The normalized spacial score (nSPS) is 11.6. The maximum atomic E-state index is 12.0. The Kier molecular flexibility index (Phi) is 8.97. The molecule has 0 saturated carbocycles. The fourth-order valence-electron chi connectivity index (χ4n) is 3.58. The molecule has 0 fully saturated rings. The van der Waals surface area contributed by atoms with Crippen LogP contribution in [0.15, 0.2) is 102 Å². The van der Waals surface area contributed by atoms with Crippen LogP contribution in [-0.4, -0.2) is 35.7 Å². The van der Waals surface area contributed by atoms with E-state index in [9.17, 15) is 18.0 Å². The molecule has 0 amide bonds. The zero-order valence-electron chi connectivity index (χ0n) is 20.6. The zero-order chi connectivity index (χ0) is 26.1. The van der Waals surface area contributed by atoms with E-state index in [0.29, 0.717) is 0 Å². The Morgan fingerprint density at radius 2 is 1.22 bits per heavy atom. The average Bonchev–Trinajstić information content (AvgIpc) is 3.54. The predicted molar refractivity (Wildman–Crippen MR) is 145 cm³/mol. The Balaban J connectivity index is 0.000000165. The van der Waals surface area contributed by atoms with Gasteiger partial charge in [-0.3, -0.25) is 9.59 Å². The molecule has 7 heteroatoms. The van der Waals surface area contributed by atoms with Gasteiger partial charge in [0.15, 0.2) is 15.6 Å². The minimum absolute atomic E-state index is 0.177. The van der Waals surface area contributed by atoms with Crippen LogP contribution in [0.4, 0.5) is 0 Å². The molecule has 1 unspecified atom stereocenters. The van der Waals surface area contributed by atoms with Gasteiger partial charge in [-0.05, 0) is 54.1 Å². The van der Waals surface area contributed by atoms with Crippen LogP contribution >= 0.6 is 0 Å². The van der Waals surface area contributed by atoms with Crippen molar-refractivity contribution in [2.24, 2.45) is 5.92 Å². The minimum atomic E-state index is -3.53. The highest BCUT2D eigenvalue weighted by Crippen LogP contribution is 2.16. The molecule has 0 radical (unpaired) electrons. The fourth-order valence-corrected chi connectivity index (χ4v) is 5.14. The molecule has 2 heterocycles. The molecule has 3 aromatic carbocycles. The van der Waals surface area contributed by atoms with E-state index in [1.54, 1.807) is 12.1 Å². The number of Topliss-reactive ketones (excluding diaryl/α,β-unsaturated/α-hetero) is 2. The van der Waals surface area contributed by atoms with E-state index < -0.39 is 27.3 Å². The summed E-state index contributed by atoms with van der Waals surface area (Å²) in [6, 6.07) is 27.0. The molecule has 36 heavy (non-hydrogen) atoms. The highest BCUT2D eigenvalue weighted by atomic mass is 32.2. The van der Waals surface area contributed by atoms with Gasteiger partial charge in [0, 0.05) is 36.3 Å². The number of benzene rings is 3. The molecule has 0 saturated heterocycles. The van der Waals surface area contributed by atoms with Crippen LogP contribution in [-0.2, 0) is 19.4 Å². The van der Waals surface area contributed by atoms with Crippen molar-refractivity contribution in [2.75, 3.05) is 5.75 Å². The van der Waals surface area contributed by atoms with E-state index in [2.05, 4.69) is 46.4 Å². The number of carbonyl (C=O) groups is 2. The second-order valence-corrected chi connectivity index (χ2v) is 10.6. The van der Waals surface area contributed by atoms with E-state index in [1.165, 1.54) is 40.9 Å². The van der Waals surface area contributed by atoms with Crippen LogP contribution in [0.3, 0.4) is 0 Å². The molecule has 1 atom stereocenters. The summed E-state index contributed by atoms with van der Waals surface area (Å²) in [5, 5.41) is 2.55. The Morgan fingerprint density at radius 3 is 1.67 bits per heavy atom. The van der Waals surface area contributed by atoms with Gasteiger partial charge >= 0.3 is 0 Å². The summed E-state index contributed by atoms with van der Waals surface area (Å²) in [6.45, 7) is 4.46. The molecule has 0 spiro atoms. The van der Waals surface area contributed by atoms with Crippen LogP contribution in [0.1, 0.15) is 19.4 Å². The molecule has 5 rings (SSSR count). The summed E-state index contributed by atoms with van der Waals surface area (Å²) >= 11 is 0. The Morgan fingerprint density at radius 1 is 0.750 bits per heavy atom. The van der Waals surface area contributed by atoms with Crippen molar-refractivity contribution in [3.8, 4) is 0 Å². The topological polar surface area (TPSA) is 99.9 Å². The summed E-state index contributed by atoms with van der Waals surface area (Å²) in [6.07, 6.45) is 3.90. The van der Waals surface area contributed by atoms with Gasteiger partial charge < -0.3 is 9.97 Å². The van der Waals surface area contributed by atoms with Crippen LogP contribution in [0.25, 0.3) is 21.8 Å². The first kappa shape index (κ1) is 26.6. The molecule has 5 aromatic rings. The summed E-state index contributed by atoms with van der Waals surface area (Å²) in [7, 11) is -3.53. The number of para-hydroxylation sites is 2. The van der Waals surface area contributed by atoms with Crippen molar-refractivity contribution < 1.29 is 18.0 Å². The van der Waals surface area contributed by atoms with Gasteiger partial charge in [-0.1, -0.05) is 61.0 Å². The fraction of sp³-hybridized carbons (Fsp3) is 0.172. The van der Waals surface area contributed by atoms with Gasteiger partial charge in [0.25, 0.3) is 0 Å². The number of sulfone groups is 1. The second kappa shape index (κ2) is 12.1. The number of hydrogen-bond donors (Lipinski definition) is 2. The quantitative estimate of drug-likeness (QED) is 0.292. The monoisotopic (exact) mass is 502 g/mol. The number of aryl methyl sites for hydroxylation is 1. The maximum absolute atomic E-state index is 12.0. The van der Waals surface area contributed by atoms with Gasteiger partial charge in [0.05, 0.1) is 10.6 Å². The lowest BCUT2D eigenvalue weighted by molar-refractivity contribution is -0.137. The molecular formula is C29H30N2O4S. The van der Waals surface area contributed by atoms with Crippen molar-refractivity contribution in [2.45, 2.75) is 25.7 Å². The Bertz CT molecular complexity index is 1420. The molecule has 0 aliphatic rings. The van der Waals surface area contributed by atoms with Gasteiger partial charge in [-0.2, -0.15) is 0 Å². The number of carbonyl (C=O) groups excluding carboxylic acids is 2. The highest BCUT2D eigenvalue weighted by Gasteiger charge is 2.25. The average molecular weight is 503 g/mol. The molecule has 186 valence electrons. The van der Waals surface area contributed by atoms with E-state index in [0.717, 1.165) is 12.5 Å². The number of rotatable bonds is 5. The van der Waals surface area contributed by atoms with E-state index in [-0.39, 0.29) is 10.6 Å². The number of hydrogen-bond acceptors (Lipinski definition) is 4. The first-order valence-electron chi connectivity index (χ1n) is 11.6. The number of aromatic nitrogens is 2. The van der Waals surface area contributed by atoms with Crippen molar-refractivity contribution in [3.63, 3.8) is 0 Å². The largest absolute Gasteiger partial charge is 0.361 e. The van der Waals surface area contributed by atoms with E-state index >= 15 is 0 Å². The lowest BCUT2D eigenvalue weighted by atomic mass is 10.1. The predicted octanol–water partition coefficient (Wildman–Crippen LogP) is 5.90. The third-order valence-corrected chi connectivity index (χ3v) is 7.50. The standard InChI is InChI=1S/C13H16O4S.2C8H7N/c1-9-4-6-12(7-5-9)18(16,17)8-10(2)13(15)11(3)14;2*1-2-4-8-7(3-1)5-6-9-8/h4-7,10H,8H2,1-3H3;2*1-6,9H. The first-order chi connectivity index (χ1) is 17.2. The van der Waals surface area contributed by atoms with Crippen LogP contribution < -0.4 is 0 Å². The van der Waals surface area contributed by atoms with E-state index in [4.69, 9.17) is 0 Å². The Hall–Kier alpha value is -3.97. The van der Waals surface area contributed by atoms with Crippen LogP contribution in [0, 0.1) is 12.8 Å². The van der Waals surface area contributed by atoms with Gasteiger partial charge in [0.2, 0.25) is 5.78 Å². The Labute approximate surface area is 211 Å². The molecule has 2 aromatic heterocycles. The number of aromatic amines is 2. The number of fused-ring (bicyclic) bond motifs is 2. The molecular weight excluding hydrogens is 472 g/mol. The number of ketones is 2. The number of nitrogens with one attached hydrogen (secondary N) is 2. The third kappa shape index (κ3) is 7.26. The van der Waals surface area contributed by atoms with E-state index in [1.807, 2.05) is 43.6 Å². The van der Waals surface area contributed by atoms with Crippen molar-refractivity contribution in [3.05, 3.63) is 103 Å². The molecule has 0 bridgehead atoms. The summed E-state index contributed by atoms with van der Waals surface area (Å²) < 4.78 is 24.0. The molecule has 6 nitrogen and oxygen atoms in total. The summed E-state index contributed by atoms with van der Waals surface area (Å²) in [4.78, 5) is 28.7. The van der Waals surface area contributed by atoms with Crippen molar-refractivity contribution in [1.29, 1.82) is 0 Å². The lowest BCUT2D eigenvalue weighted by Gasteiger charge is -2.09. The highest BCUT2D eigenvalue weighted by molar-refractivity contribution is 7.91. The zero-order valence-corrected chi connectivity index (χ0v) is 21.4. The first-order valence-corrected chi connectivity index (χ1v) is 13.2. The number of H-pyrrole nitrogens is 2. The lowest BCUT2D eigenvalue weighted by Crippen LogP contribution is -2.26. The molecule has 0 aliphatic heterocycles. The second-order valence-electron chi connectivity index (χ2n) is 8.55. The molecule has 2 N–H and O–H groups in total. The SMILES string of the molecule is CC(=O)C(=O)C(C)CS(=O)(=O)c1ccc(C)cc1.c1ccc2[nH]ccc2c1.c1ccc2[nH]ccc2c1. The van der Waals surface area contributed by atoms with Crippen LogP contribution in [0.5, 0.6) is 0 Å².